The molecule has 1 unspecified atom stereocenters. The first-order valence-corrected chi connectivity index (χ1v) is 7.17. The van der Waals surface area contributed by atoms with Gasteiger partial charge in [0.1, 0.15) is 11.6 Å². The fourth-order valence-electron chi connectivity index (χ4n) is 2.45. The van der Waals surface area contributed by atoms with Crippen LogP contribution in [0.2, 0.25) is 0 Å². The average molecular weight is 371 g/mol. The summed E-state index contributed by atoms with van der Waals surface area (Å²) in [6.45, 7) is 0. The van der Waals surface area contributed by atoms with E-state index in [0.717, 1.165) is 48.5 Å². The van der Waals surface area contributed by atoms with Crippen molar-refractivity contribution in [2.45, 2.75) is 11.8 Å². The first-order valence-electron chi connectivity index (χ1n) is 7.17. The van der Waals surface area contributed by atoms with Crippen LogP contribution in [0.3, 0.4) is 0 Å². The monoisotopic (exact) mass is 371 g/mol. The van der Waals surface area contributed by atoms with Gasteiger partial charge in [0.15, 0.2) is 0 Å². The third-order valence-corrected chi connectivity index (χ3v) is 3.71. The van der Waals surface area contributed by atoms with Crippen LogP contribution in [-0.2, 0) is 4.79 Å². The Bertz CT molecular complexity index is 852. The standard InChI is InChI=1S/C16H10F5N3O2/c17-9-1-5-11(6-2-9)22-15(16(19,20)21)13(25)24(14(26)23-15)12-7-3-10(18)4-8-12/h1-8,22H,(H,23,26). The molecule has 1 aliphatic rings. The lowest BCUT2D eigenvalue weighted by Gasteiger charge is -2.30. The van der Waals surface area contributed by atoms with E-state index in [4.69, 9.17) is 0 Å². The van der Waals surface area contributed by atoms with Gasteiger partial charge in [-0.25, -0.2) is 18.5 Å². The second kappa shape index (κ2) is 5.97. The van der Waals surface area contributed by atoms with Crippen molar-refractivity contribution in [3.8, 4) is 0 Å². The number of urea groups is 1. The summed E-state index contributed by atoms with van der Waals surface area (Å²) >= 11 is 0. The maximum absolute atomic E-state index is 13.7. The predicted molar refractivity (Wildman–Crippen MR) is 81.2 cm³/mol. The summed E-state index contributed by atoms with van der Waals surface area (Å²) in [5.41, 5.74) is -3.92. The SMILES string of the molecule is O=C1NC(Nc2ccc(F)cc2)(C(F)(F)F)C(=O)N1c1ccc(F)cc1. The lowest BCUT2D eigenvalue weighted by atomic mass is 10.1. The van der Waals surface area contributed by atoms with Gasteiger partial charge in [0.25, 0.3) is 11.6 Å². The van der Waals surface area contributed by atoms with Crippen LogP contribution >= 0.6 is 0 Å². The first kappa shape index (κ1) is 17.6. The molecule has 2 aromatic carbocycles. The number of carbonyl (C=O) groups excluding carboxylic acids is 2. The molecular weight excluding hydrogens is 361 g/mol. The highest BCUT2D eigenvalue weighted by atomic mass is 19.4. The van der Waals surface area contributed by atoms with E-state index in [0.29, 0.717) is 0 Å². The summed E-state index contributed by atoms with van der Waals surface area (Å²) in [6.07, 6.45) is -5.22. The van der Waals surface area contributed by atoms with Gasteiger partial charge < -0.3 is 5.32 Å². The molecule has 1 atom stereocenters. The Balaban J connectivity index is 2.03. The van der Waals surface area contributed by atoms with Crippen LogP contribution < -0.4 is 15.5 Å². The summed E-state index contributed by atoms with van der Waals surface area (Å²) in [4.78, 5) is 24.9. The molecule has 3 rings (SSSR count). The number of anilines is 2. The van der Waals surface area contributed by atoms with Crippen molar-refractivity contribution in [2.24, 2.45) is 0 Å². The van der Waals surface area contributed by atoms with E-state index in [1.165, 1.54) is 0 Å². The van der Waals surface area contributed by atoms with Gasteiger partial charge in [0.05, 0.1) is 5.69 Å². The van der Waals surface area contributed by atoms with Gasteiger partial charge in [0, 0.05) is 5.69 Å². The van der Waals surface area contributed by atoms with Crippen LogP contribution in [0.1, 0.15) is 0 Å². The Morgan fingerprint density at radius 1 is 0.885 bits per heavy atom. The molecule has 1 fully saturated rings. The number of carbonyl (C=O) groups is 2. The van der Waals surface area contributed by atoms with E-state index in [1.807, 2.05) is 5.32 Å². The van der Waals surface area contributed by atoms with Crippen molar-refractivity contribution < 1.29 is 31.5 Å². The van der Waals surface area contributed by atoms with Crippen molar-refractivity contribution in [3.05, 3.63) is 60.2 Å². The van der Waals surface area contributed by atoms with Gasteiger partial charge in [0.2, 0.25) is 0 Å². The number of alkyl halides is 3. The molecule has 0 aliphatic carbocycles. The Morgan fingerprint density at radius 2 is 1.38 bits per heavy atom. The summed E-state index contributed by atoms with van der Waals surface area (Å²) in [5, 5.41) is 3.52. The molecule has 1 heterocycles. The number of benzene rings is 2. The number of nitrogens with one attached hydrogen (secondary N) is 2. The molecule has 0 saturated carbocycles. The Hall–Kier alpha value is -3.17. The minimum Gasteiger partial charge on any atom is -0.347 e. The minimum absolute atomic E-state index is 0.235. The Morgan fingerprint density at radius 3 is 1.88 bits per heavy atom. The number of nitrogens with zero attached hydrogens (tertiary/aromatic N) is 1. The van der Waals surface area contributed by atoms with E-state index in [1.54, 1.807) is 5.32 Å². The number of hydrogen-bond acceptors (Lipinski definition) is 3. The topological polar surface area (TPSA) is 61.4 Å². The number of amides is 3. The third kappa shape index (κ3) is 2.83. The zero-order valence-electron chi connectivity index (χ0n) is 12.8. The number of halogens is 5. The molecule has 10 heteroatoms. The molecule has 2 N–H and O–H groups in total. The fourth-order valence-corrected chi connectivity index (χ4v) is 2.45. The van der Waals surface area contributed by atoms with Gasteiger partial charge >= 0.3 is 12.2 Å². The average Bonchev–Trinajstić information content (AvgIpc) is 2.82. The molecule has 1 saturated heterocycles. The van der Waals surface area contributed by atoms with Gasteiger partial charge in [-0.1, -0.05) is 0 Å². The van der Waals surface area contributed by atoms with Crippen molar-refractivity contribution in [2.75, 3.05) is 10.2 Å². The Labute approximate surface area is 143 Å². The number of rotatable bonds is 3. The number of imide groups is 1. The van der Waals surface area contributed by atoms with Gasteiger partial charge in [-0.2, -0.15) is 13.2 Å². The van der Waals surface area contributed by atoms with Crippen LogP contribution in [0, 0.1) is 11.6 Å². The largest absolute Gasteiger partial charge is 0.440 e. The molecule has 0 radical (unpaired) electrons. The first-order chi connectivity index (χ1) is 12.1. The summed E-state index contributed by atoms with van der Waals surface area (Å²) in [6, 6.07) is 6.22. The molecule has 0 spiro atoms. The van der Waals surface area contributed by atoms with Crippen LogP contribution in [0.4, 0.5) is 38.1 Å². The summed E-state index contributed by atoms with van der Waals surface area (Å²) in [7, 11) is 0. The molecule has 1 aliphatic heterocycles. The molecular formula is C16H10F5N3O2. The molecule has 0 aromatic heterocycles. The van der Waals surface area contributed by atoms with Crippen LogP contribution in [0.5, 0.6) is 0 Å². The molecule has 5 nitrogen and oxygen atoms in total. The summed E-state index contributed by atoms with van der Waals surface area (Å²) in [5.74, 6) is -3.02. The van der Waals surface area contributed by atoms with Gasteiger partial charge in [-0.15, -0.1) is 0 Å². The van der Waals surface area contributed by atoms with E-state index in [2.05, 4.69) is 0 Å². The lowest BCUT2D eigenvalue weighted by Crippen LogP contribution is -2.64. The van der Waals surface area contributed by atoms with Crippen LogP contribution in [-0.4, -0.2) is 23.8 Å². The zero-order valence-corrected chi connectivity index (χ0v) is 12.8. The molecule has 2 aromatic rings. The molecule has 26 heavy (non-hydrogen) atoms. The second-order valence-corrected chi connectivity index (χ2v) is 5.43. The van der Waals surface area contributed by atoms with Gasteiger partial charge in [-0.3, -0.25) is 10.1 Å². The van der Waals surface area contributed by atoms with E-state index in [-0.39, 0.29) is 16.3 Å². The van der Waals surface area contributed by atoms with Crippen molar-refractivity contribution in [1.82, 2.24) is 5.32 Å². The van der Waals surface area contributed by atoms with Gasteiger partial charge in [-0.05, 0) is 48.5 Å². The highest BCUT2D eigenvalue weighted by molar-refractivity contribution is 6.24. The second-order valence-electron chi connectivity index (χ2n) is 5.43. The lowest BCUT2D eigenvalue weighted by molar-refractivity contribution is -0.185. The molecule has 0 bridgehead atoms. The van der Waals surface area contributed by atoms with Crippen molar-refractivity contribution >= 4 is 23.3 Å². The third-order valence-electron chi connectivity index (χ3n) is 3.71. The van der Waals surface area contributed by atoms with Crippen LogP contribution in [0.25, 0.3) is 0 Å². The highest BCUT2D eigenvalue weighted by Crippen LogP contribution is 2.38. The molecule has 136 valence electrons. The quantitative estimate of drug-likeness (QED) is 0.642. The van der Waals surface area contributed by atoms with Crippen LogP contribution in [0.15, 0.2) is 48.5 Å². The summed E-state index contributed by atoms with van der Waals surface area (Å²) < 4.78 is 67.1. The van der Waals surface area contributed by atoms with E-state index < -0.39 is 35.4 Å². The van der Waals surface area contributed by atoms with Crippen molar-refractivity contribution in [3.63, 3.8) is 0 Å². The minimum atomic E-state index is -5.22. The highest BCUT2D eigenvalue weighted by Gasteiger charge is 2.68. The fraction of sp³-hybridized carbons (Fsp3) is 0.125. The maximum atomic E-state index is 13.7. The Kier molecular flexibility index (Phi) is 4.05. The van der Waals surface area contributed by atoms with E-state index in [9.17, 15) is 31.5 Å². The van der Waals surface area contributed by atoms with E-state index >= 15 is 0 Å². The maximum Gasteiger partial charge on any atom is 0.440 e. The normalized spacial score (nSPS) is 20.3. The smallest absolute Gasteiger partial charge is 0.347 e. The predicted octanol–water partition coefficient (Wildman–Crippen LogP) is 3.39. The zero-order chi connectivity index (χ0) is 19.1. The van der Waals surface area contributed by atoms with Crippen molar-refractivity contribution in [1.29, 1.82) is 0 Å². The molecule has 3 amide bonds. The number of hydrogen-bond donors (Lipinski definition) is 2.